The standard InChI is InChI=1S/C16H18BrNS/c1-12(14-5-7-15(17)8-6-14)18-11-13-3-9-16(19-2)10-4-13/h3-10,12,18H,11H2,1-2H3/t12-/m1/s1. The van der Waals surface area contributed by atoms with E-state index in [0.717, 1.165) is 11.0 Å². The second kappa shape index (κ2) is 7.13. The highest BCUT2D eigenvalue weighted by Gasteiger charge is 2.04. The molecule has 0 aliphatic heterocycles. The van der Waals surface area contributed by atoms with E-state index in [1.165, 1.54) is 16.0 Å². The SMILES string of the molecule is CSc1ccc(CN[C@H](C)c2ccc(Br)cc2)cc1. The minimum Gasteiger partial charge on any atom is -0.306 e. The highest BCUT2D eigenvalue weighted by Crippen LogP contribution is 2.18. The fraction of sp³-hybridized carbons (Fsp3) is 0.250. The number of nitrogens with one attached hydrogen (secondary N) is 1. The molecular weight excluding hydrogens is 318 g/mol. The van der Waals surface area contributed by atoms with Crippen LogP contribution in [0.1, 0.15) is 24.1 Å². The molecule has 3 heteroatoms. The van der Waals surface area contributed by atoms with Crippen LogP contribution in [-0.4, -0.2) is 6.26 Å². The molecule has 1 nitrogen and oxygen atoms in total. The van der Waals surface area contributed by atoms with Crippen LogP contribution in [0.3, 0.4) is 0 Å². The van der Waals surface area contributed by atoms with Crippen molar-refractivity contribution in [3.05, 3.63) is 64.1 Å². The van der Waals surface area contributed by atoms with Crippen molar-refractivity contribution in [2.75, 3.05) is 6.26 Å². The molecule has 2 aromatic carbocycles. The normalized spacial score (nSPS) is 12.4. The molecule has 19 heavy (non-hydrogen) atoms. The van der Waals surface area contributed by atoms with Gasteiger partial charge in [-0.05, 0) is 48.6 Å². The van der Waals surface area contributed by atoms with Crippen molar-refractivity contribution in [1.82, 2.24) is 5.32 Å². The van der Waals surface area contributed by atoms with Gasteiger partial charge in [0.1, 0.15) is 0 Å². The van der Waals surface area contributed by atoms with E-state index in [0.29, 0.717) is 6.04 Å². The minimum absolute atomic E-state index is 0.355. The quantitative estimate of drug-likeness (QED) is 0.769. The van der Waals surface area contributed by atoms with Gasteiger partial charge in [-0.15, -0.1) is 11.8 Å². The summed E-state index contributed by atoms with van der Waals surface area (Å²) in [5.74, 6) is 0. The van der Waals surface area contributed by atoms with E-state index in [1.807, 2.05) is 0 Å². The van der Waals surface area contributed by atoms with Crippen molar-refractivity contribution in [1.29, 1.82) is 0 Å². The largest absolute Gasteiger partial charge is 0.306 e. The number of rotatable bonds is 5. The molecule has 0 heterocycles. The fourth-order valence-corrected chi connectivity index (χ4v) is 2.56. The van der Waals surface area contributed by atoms with Crippen LogP contribution in [0.5, 0.6) is 0 Å². The second-order valence-electron chi connectivity index (χ2n) is 4.50. The summed E-state index contributed by atoms with van der Waals surface area (Å²) < 4.78 is 1.12. The average Bonchev–Trinajstić information content (AvgIpc) is 2.46. The predicted molar refractivity (Wildman–Crippen MR) is 87.6 cm³/mol. The molecule has 0 bridgehead atoms. The Hall–Kier alpha value is -0.770. The van der Waals surface area contributed by atoms with Crippen LogP contribution < -0.4 is 5.32 Å². The number of hydrogen-bond donors (Lipinski definition) is 1. The Morgan fingerprint density at radius 1 is 1.05 bits per heavy atom. The van der Waals surface area contributed by atoms with E-state index >= 15 is 0 Å². The van der Waals surface area contributed by atoms with Crippen LogP contribution >= 0.6 is 27.7 Å². The van der Waals surface area contributed by atoms with Crippen molar-refractivity contribution >= 4 is 27.7 Å². The Morgan fingerprint density at radius 3 is 2.26 bits per heavy atom. The Bertz CT molecular complexity index is 507. The summed E-state index contributed by atoms with van der Waals surface area (Å²) in [5, 5.41) is 3.55. The van der Waals surface area contributed by atoms with Crippen molar-refractivity contribution < 1.29 is 0 Å². The van der Waals surface area contributed by atoms with Gasteiger partial charge in [0, 0.05) is 22.0 Å². The Balaban J connectivity index is 1.92. The molecular formula is C16H18BrNS. The molecule has 0 radical (unpaired) electrons. The van der Waals surface area contributed by atoms with E-state index in [-0.39, 0.29) is 0 Å². The highest BCUT2D eigenvalue weighted by molar-refractivity contribution is 9.10. The third-order valence-electron chi connectivity index (χ3n) is 3.14. The zero-order valence-corrected chi connectivity index (χ0v) is 13.6. The first-order valence-corrected chi connectivity index (χ1v) is 8.32. The Kier molecular flexibility index (Phi) is 5.49. The first-order chi connectivity index (χ1) is 9.19. The molecule has 0 fully saturated rings. The number of halogens is 1. The molecule has 2 aromatic rings. The molecule has 2 rings (SSSR count). The van der Waals surface area contributed by atoms with E-state index in [1.54, 1.807) is 11.8 Å². The summed E-state index contributed by atoms with van der Waals surface area (Å²) >= 11 is 5.24. The van der Waals surface area contributed by atoms with Crippen LogP contribution in [0.2, 0.25) is 0 Å². The van der Waals surface area contributed by atoms with Gasteiger partial charge in [0.05, 0.1) is 0 Å². The number of hydrogen-bond acceptors (Lipinski definition) is 2. The van der Waals surface area contributed by atoms with Crippen molar-refractivity contribution in [3.8, 4) is 0 Å². The van der Waals surface area contributed by atoms with Crippen LogP contribution in [0.4, 0.5) is 0 Å². The molecule has 0 aliphatic rings. The lowest BCUT2D eigenvalue weighted by atomic mass is 10.1. The summed E-state index contributed by atoms with van der Waals surface area (Å²) in [4.78, 5) is 1.31. The zero-order valence-electron chi connectivity index (χ0n) is 11.2. The maximum Gasteiger partial charge on any atom is 0.0294 e. The summed E-state index contributed by atoms with van der Waals surface area (Å²) in [5.41, 5.74) is 2.63. The van der Waals surface area contributed by atoms with Gasteiger partial charge in [0.15, 0.2) is 0 Å². The molecule has 0 amide bonds. The van der Waals surface area contributed by atoms with Crippen LogP contribution in [0.15, 0.2) is 57.9 Å². The van der Waals surface area contributed by atoms with Gasteiger partial charge in [0.25, 0.3) is 0 Å². The first kappa shape index (κ1) is 14.6. The molecule has 1 atom stereocenters. The van der Waals surface area contributed by atoms with Gasteiger partial charge in [0.2, 0.25) is 0 Å². The van der Waals surface area contributed by atoms with Crippen molar-refractivity contribution in [2.24, 2.45) is 0 Å². The third kappa shape index (κ3) is 4.37. The molecule has 0 spiro atoms. The van der Waals surface area contributed by atoms with E-state index in [9.17, 15) is 0 Å². The molecule has 0 saturated carbocycles. The van der Waals surface area contributed by atoms with Crippen LogP contribution in [-0.2, 0) is 6.54 Å². The van der Waals surface area contributed by atoms with Gasteiger partial charge in [-0.1, -0.05) is 40.2 Å². The Labute approximate surface area is 127 Å². The maximum absolute atomic E-state index is 3.55. The minimum atomic E-state index is 0.355. The lowest BCUT2D eigenvalue weighted by Gasteiger charge is -2.14. The van der Waals surface area contributed by atoms with Gasteiger partial charge in [-0.25, -0.2) is 0 Å². The summed E-state index contributed by atoms with van der Waals surface area (Å²) in [6.45, 7) is 3.09. The average molecular weight is 336 g/mol. The Morgan fingerprint density at radius 2 is 1.68 bits per heavy atom. The van der Waals surface area contributed by atoms with E-state index < -0.39 is 0 Å². The maximum atomic E-state index is 3.55. The molecule has 0 aromatic heterocycles. The molecule has 0 saturated heterocycles. The first-order valence-electron chi connectivity index (χ1n) is 6.31. The molecule has 1 N–H and O–H groups in total. The molecule has 100 valence electrons. The van der Waals surface area contributed by atoms with E-state index in [2.05, 4.69) is 83.0 Å². The van der Waals surface area contributed by atoms with Gasteiger partial charge in [-0.3, -0.25) is 0 Å². The lowest BCUT2D eigenvalue weighted by Crippen LogP contribution is -2.17. The van der Waals surface area contributed by atoms with Gasteiger partial charge in [-0.2, -0.15) is 0 Å². The summed E-state index contributed by atoms with van der Waals surface area (Å²) in [6.07, 6.45) is 2.10. The number of thioether (sulfide) groups is 1. The second-order valence-corrected chi connectivity index (χ2v) is 6.30. The predicted octanol–water partition coefficient (Wildman–Crippen LogP) is 5.02. The topological polar surface area (TPSA) is 12.0 Å². The molecule has 0 unspecified atom stereocenters. The van der Waals surface area contributed by atoms with Crippen molar-refractivity contribution in [3.63, 3.8) is 0 Å². The molecule has 0 aliphatic carbocycles. The summed E-state index contributed by atoms with van der Waals surface area (Å²) in [7, 11) is 0. The monoisotopic (exact) mass is 335 g/mol. The van der Waals surface area contributed by atoms with Crippen LogP contribution in [0.25, 0.3) is 0 Å². The fourth-order valence-electron chi connectivity index (χ4n) is 1.88. The number of benzene rings is 2. The smallest absolute Gasteiger partial charge is 0.0294 e. The summed E-state index contributed by atoms with van der Waals surface area (Å²) in [6, 6.07) is 17.5. The highest BCUT2D eigenvalue weighted by atomic mass is 79.9. The zero-order chi connectivity index (χ0) is 13.7. The van der Waals surface area contributed by atoms with Crippen LogP contribution in [0, 0.1) is 0 Å². The van der Waals surface area contributed by atoms with Crippen molar-refractivity contribution in [2.45, 2.75) is 24.4 Å². The lowest BCUT2D eigenvalue weighted by molar-refractivity contribution is 0.574. The van der Waals surface area contributed by atoms with Gasteiger partial charge >= 0.3 is 0 Å². The van der Waals surface area contributed by atoms with E-state index in [4.69, 9.17) is 0 Å². The van der Waals surface area contributed by atoms with Gasteiger partial charge < -0.3 is 5.32 Å². The third-order valence-corrected chi connectivity index (χ3v) is 4.41.